The van der Waals surface area contributed by atoms with Crippen LogP contribution in [0.5, 0.6) is 0 Å². The fourth-order valence-electron chi connectivity index (χ4n) is 3.69. The average molecular weight is 485 g/mol. The van der Waals surface area contributed by atoms with Crippen LogP contribution >= 0.6 is 23.2 Å². The van der Waals surface area contributed by atoms with Gasteiger partial charge in [-0.15, -0.1) is 0 Å². The highest BCUT2D eigenvalue weighted by Crippen LogP contribution is 2.30. The van der Waals surface area contributed by atoms with Crippen LogP contribution in [0, 0.1) is 5.95 Å². The Hall–Kier alpha value is -2.93. The summed E-state index contributed by atoms with van der Waals surface area (Å²) in [6.45, 7) is 4.19. The molecule has 4 rings (SSSR count). The molecule has 2 heterocycles. The Labute approximate surface area is 202 Å². The Morgan fingerprint density at radius 2 is 1.73 bits per heavy atom. The highest BCUT2D eigenvalue weighted by atomic mass is 35.5. The second-order valence-corrected chi connectivity index (χ2v) is 8.60. The number of piperazine rings is 1. The van der Waals surface area contributed by atoms with Gasteiger partial charge in [0, 0.05) is 60.6 Å². The van der Waals surface area contributed by atoms with Crippen LogP contribution in [0.15, 0.2) is 66.9 Å². The summed E-state index contributed by atoms with van der Waals surface area (Å²) in [4.78, 5) is 20.7. The van der Waals surface area contributed by atoms with Crippen molar-refractivity contribution in [3.05, 3.63) is 94.0 Å². The van der Waals surface area contributed by atoms with Crippen molar-refractivity contribution in [3.63, 3.8) is 0 Å². The van der Waals surface area contributed by atoms with E-state index in [1.807, 2.05) is 30.3 Å². The lowest BCUT2D eigenvalue weighted by molar-refractivity contribution is 0.102. The zero-order valence-electron chi connectivity index (χ0n) is 17.8. The van der Waals surface area contributed by atoms with Crippen molar-refractivity contribution in [1.29, 1.82) is 0 Å². The van der Waals surface area contributed by atoms with E-state index in [2.05, 4.69) is 32.3 Å². The van der Waals surface area contributed by atoms with Gasteiger partial charge in [-0.3, -0.25) is 9.69 Å². The van der Waals surface area contributed by atoms with Crippen molar-refractivity contribution in [2.24, 2.45) is 0 Å². The minimum Gasteiger partial charge on any atom is -0.367 e. The minimum atomic E-state index is -0.694. The van der Waals surface area contributed by atoms with Gasteiger partial charge in [0.2, 0.25) is 5.95 Å². The summed E-state index contributed by atoms with van der Waals surface area (Å²) in [5.41, 5.74) is 2.81. The molecule has 0 radical (unpaired) electrons. The second kappa shape index (κ2) is 10.8. The molecule has 1 fully saturated rings. The number of amides is 1. The van der Waals surface area contributed by atoms with Crippen LogP contribution in [-0.4, -0.2) is 48.5 Å². The van der Waals surface area contributed by atoms with Crippen LogP contribution in [-0.2, 0) is 0 Å². The highest BCUT2D eigenvalue weighted by molar-refractivity contribution is 6.31. The quantitative estimate of drug-likeness (QED) is 0.461. The third kappa shape index (κ3) is 6.32. The van der Waals surface area contributed by atoms with Gasteiger partial charge < -0.3 is 10.2 Å². The van der Waals surface area contributed by atoms with Crippen molar-refractivity contribution in [2.75, 3.05) is 42.9 Å². The van der Waals surface area contributed by atoms with E-state index in [4.69, 9.17) is 23.2 Å². The number of hydrogen-bond acceptors (Lipinski definition) is 4. The summed E-state index contributed by atoms with van der Waals surface area (Å²) < 4.78 is 13.4. The Kier molecular flexibility index (Phi) is 7.60. The maximum Gasteiger partial charge on any atom is 0.255 e. The monoisotopic (exact) mass is 484 g/mol. The van der Waals surface area contributed by atoms with Crippen LogP contribution < -0.4 is 10.2 Å². The molecule has 33 heavy (non-hydrogen) atoms. The number of carbonyl (C=O) groups is 1. The molecule has 170 valence electrons. The molecule has 0 bridgehead atoms. The molecule has 1 aromatic heterocycles. The number of nitrogens with zero attached hydrogens (tertiary/aromatic N) is 3. The van der Waals surface area contributed by atoms with Crippen molar-refractivity contribution < 1.29 is 9.18 Å². The molecule has 3 aromatic rings. The van der Waals surface area contributed by atoms with E-state index in [0.29, 0.717) is 10.7 Å². The summed E-state index contributed by atoms with van der Waals surface area (Å²) in [7, 11) is 0. The Morgan fingerprint density at radius 1 is 1.00 bits per heavy atom. The SMILES string of the molecule is O=C(Nc1ccc(Cl)cc1N1CCN(CC=Cc2ccc(Cl)cc2)CC1)c1ccnc(F)c1. The van der Waals surface area contributed by atoms with Crippen LogP contribution in [0.4, 0.5) is 15.8 Å². The molecule has 1 saturated heterocycles. The van der Waals surface area contributed by atoms with Crippen molar-refractivity contribution in [1.82, 2.24) is 9.88 Å². The number of anilines is 2. The molecule has 1 aliphatic rings. The van der Waals surface area contributed by atoms with E-state index in [1.165, 1.54) is 12.3 Å². The smallest absolute Gasteiger partial charge is 0.255 e. The van der Waals surface area contributed by atoms with E-state index in [9.17, 15) is 9.18 Å². The summed E-state index contributed by atoms with van der Waals surface area (Å²) in [5, 5.41) is 4.20. The van der Waals surface area contributed by atoms with E-state index in [0.717, 1.165) is 55.1 Å². The average Bonchev–Trinajstić information content (AvgIpc) is 2.82. The first-order chi connectivity index (χ1) is 16.0. The minimum absolute atomic E-state index is 0.209. The van der Waals surface area contributed by atoms with E-state index >= 15 is 0 Å². The first-order valence-corrected chi connectivity index (χ1v) is 11.4. The molecule has 0 unspecified atom stereocenters. The molecular formula is C25H23Cl2FN4O. The molecule has 0 spiro atoms. The zero-order valence-corrected chi connectivity index (χ0v) is 19.4. The molecule has 0 aliphatic carbocycles. The molecule has 5 nitrogen and oxygen atoms in total. The van der Waals surface area contributed by atoms with Crippen molar-refractivity contribution >= 4 is 46.6 Å². The molecule has 8 heteroatoms. The summed E-state index contributed by atoms with van der Waals surface area (Å²) in [5.74, 6) is -1.09. The fraction of sp³-hybridized carbons (Fsp3) is 0.200. The number of nitrogens with one attached hydrogen (secondary N) is 1. The van der Waals surface area contributed by atoms with Gasteiger partial charge in [-0.2, -0.15) is 4.39 Å². The number of halogens is 3. The molecule has 1 amide bonds. The van der Waals surface area contributed by atoms with Crippen LogP contribution in [0.25, 0.3) is 6.08 Å². The van der Waals surface area contributed by atoms with Gasteiger partial charge in [0.15, 0.2) is 0 Å². The van der Waals surface area contributed by atoms with Gasteiger partial charge in [-0.05, 0) is 42.0 Å². The largest absolute Gasteiger partial charge is 0.367 e. The molecule has 2 aromatic carbocycles. The molecule has 1 aliphatic heterocycles. The third-order valence-corrected chi connectivity index (χ3v) is 5.94. The van der Waals surface area contributed by atoms with Gasteiger partial charge in [0.25, 0.3) is 5.91 Å². The zero-order chi connectivity index (χ0) is 23.2. The lowest BCUT2D eigenvalue weighted by Crippen LogP contribution is -2.46. The standard InChI is InChI=1S/C25H23Cl2FN4O/c26-20-5-3-18(4-6-20)2-1-11-31-12-14-32(15-13-31)23-17-21(27)7-8-22(23)30-25(33)19-9-10-29-24(28)16-19/h1-10,16-17H,11-15H2,(H,30,33). The predicted molar refractivity (Wildman–Crippen MR) is 133 cm³/mol. The number of benzene rings is 2. The number of rotatable bonds is 6. The van der Waals surface area contributed by atoms with Gasteiger partial charge in [-0.25, -0.2) is 4.98 Å². The van der Waals surface area contributed by atoms with Gasteiger partial charge in [0.05, 0.1) is 11.4 Å². The Morgan fingerprint density at radius 3 is 2.45 bits per heavy atom. The number of aromatic nitrogens is 1. The summed E-state index contributed by atoms with van der Waals surface area (Å²) in [6, 6.07) is 15.7. The maximum atomic E-state index is 13.4. The molecule has 0 atom stereocenters. The van der Waals surface area contributed by atoms with Gasteiger partial charge in [-0.1, -0.05) is 47.5 Å². The van der Waals surface area contributed by atoms with E-state index in [-0.39, 0.29) is 5.56 Å². The molecular weight excluding hydrogens is 462 g/mol. The Bertz CT molecular complexity index is 1150. The number of hydrogen-bond donors (Lipinski definition) is 1. The summed E-state index contributed by atoms with van der Waals surface area (Å²) in [6.07, 6.45) is 5.51. The Balaban J connectivity index is 1.38. The molecule has 1 N–H and O–H groups in total. The number of carbonyl (C=O) groups excluding carboxylic acids is 1. The highest BCUT2D eigenvalue weighted by Gasteiger charge is 2.20. The molecule has 0 saturated carbocycles. The summed E-state index contributed by atoms with van der Waals surface area (Å²) >= 11 is 12.2. The second-order valence-electron chi connectivity index (χ2n) is 7.72. The lowest BCUT2D eigenvalue weighted by Gasteiger charge is -2.36. The van der Waals surface area contributed by atoms with E-state index < -0.39 is 11.9 Å². The van der Waals surface area contributed by atoms with Crippen LogP contribution in [0.1, 0.15) is 15.9 Å². The van der Waals surface area contributed by atoms with Crippen LogP contribution in [0.3, 0.4) is 0 Å². The van der Waals surface area contributed by atoms with Crippen LogP contribution in [0.2, 0.25) is 10.0 Å². The predicted octanol–water partition coefficient (Wildman–Crippen LogP) is 5.62. The fourth-order valence-corrected chi connectivity index (χ4v) is 3.99. The van der Waals surface area contributed by atoms with Crippen molar-refractivity contribution in [2.45, 2.75) is 0 Å². The lowest BCUT2D eigenvalue weighted by atomic mass is 10.2. The topological polar surface area (TPSA) is 48.5 Å². The van der Waals surface area contributed by atoms with Gasteiger partial charge in [0.1, 0.15) is 0 Å². The third-order valence-electron chi connectivity index (χ3n) is 5.45. The maximum absolute atomic E-state index is 13.4. The van der Waals surface area contributed by atoms with Gasteiger partial charge >= 0.3 is 0 Å². The normalized spacial score (nSPS) is 14.6. The van der Waals surface area contributed by atoms with E-state index in [1.54, 1.807) is 12.1 Å². The number of pyridine rings is 1. The van der Waals surface area contributed by atoms with Crippen molar-refractivity contribution in [3.8, 4) is 0 Å². The first kappa shape index (κ1) is 23.2. The first-order valence-electron chi connectivity index (χ1n) is 10.6.